The second kappa shape index (κ2) is 11.9. The van der Waals surface area contributed by atoms with Crippen molar-refractivity contribution >= 4 is 57.7 Å². The summed E-state index contributed by atoms with van der Waals surface area (Å²) in [6.07, 6.45) is 1.75. The van der Waals surface area contributed by atoms with Crippen molar-refractivity contribution in [2.45, 2.75) is 13.8 Å². The number of carbonyl (C=O) groups is 1. The lowest BCUT2D eigenvalue weighted by Crippen LogP contribution is -2.20. The molecule has 172 valence electrons. The molecule has 0 saturated carbocycles. The number of halogens is 2. The minimum atomic E-state index is -0.293. The third-order valence-corrected chi connectivity index (χ3v) is 5.78. The summed E-state index contributed by atoms with van der Waals surface area (Å²) in [6.45, 7) is 4.09. The summed E-state index contributed by atoms with van der Waals surface area (Å²) >= 11 is 8.28. The topological polar surface area (TPSA) is 69.1 Å². The first kappa shape index (κ1) is 24.9. The van der Waals surface area contributed by atoms with Gasteiger partial charge in [0.2, 0.25) is 0 Å². The maximum Gasteiger partial charge on any atom is 0.262 e. The van der Waals surface area contributed by atoms with Crippen LogP contribution in [0.2, 0.25) is 5.02 Å². The van der Waals surface area contributed by atoms with Crippen LogP contribution in [0.25, 0.3) is 0 Å². The van der Waals surface area contributed by atoms with Gasteiger partial charge in [0.25, 0.3) is 5.91 Å². The highest BCUT2D eigenvalue weighted by molar-refractivity contribution is 14.1. The molecule has 0 aromatic heterocycles. The van der Waals surface area contributed by atoms with Gasteiger partial charge in [-0.25, -0.2) is 0 Å². The second-order valence-corrected chi connectivity index (χ2v) is 8.59. The number of nitrogens with zero attached hydrogens (tertiary/aromatic N) is 1. The summed E-state index contributed by atoms with van der Waals surface area (Å²) in [4.78, 5) is 16.9. The number of ether oxygens (including phenoxy) is 3. The van der Waals surface area contributed by atoms with E-state index in [4.69, 9.17) is 25.8 Å². The van der Waals surface area contributed by atoms with Crippen LogP contribution in [0.5, 0.6) is 17.2 Å². The van der Waals surface area contributed by atoms with Gasteiger partial charge in [0.15, 0.2) is 18.1 Å². The first-order valence-electron chi connectivity index (χ1n) is 10.2. The summed E-state index contributed by atoms with van der Waals surface area (Å²) in [7, 11) is 1.63. The van der Waals surface area contributed by atoms with Crippen molar-refractivity contribution in [3.8, 4) is 17.2 Å². The number of amides is 1. The zero-order valence-corrected chi connectivity index (χ0v) is 21.4. The highest BCUT2D eigenvalue weighted by Gasteiger charge is 2.14. The summed E-state index contributed by atoms with van der Waals surface area (Å²) in [5, 5.41) is 3.38. The molecule has 0 bridgehead atoms. The molecule has 0 fully saturated rings. The SMILES string of the molecule is CCOc1cc(C=Nc2ccc(OC)cc2)cc(I)c1OCC(=O)Nc1ccc(C)c(Cl)c1. The van der Waals surface area contributed by atoms with Gasteiger partial charge < -0.3 is 19.5 Å². The largest absolute Gasteiger partial charge is 0.497 e. The van der Waals surface area contributed by atoms with E-state index in [0.29, 0.717) is 28.8 Å². The zero-order valence-electron chi connectivity index (χ0n) is 18.5. The molecule has 0 spiro atoms. The number of aryl methyl sites for hydroxylation is 1. The molecular formula is C25H24ClIN2O4. The van der Waals surface area contributed by atoms with Crippen LogP contribution in [0.3, 0.4) is 0 Å². The van der Waals surface area contributed by atoms with Gasteiger partial charge in [0, 0.05) is 16.9 Å². The van der Waals surface area contributed by atoms with Crippen molar-refractivity contribution in [1.82, 2.24) is 0 Å². The average molecular weight is 579 g/mol. The molecule has 0 saturated heterocycles. The van der Waals surface area contributed by atoms with Gasteiger partial charge in [0.1, 0.15) is 5.75 Å². The molecule has 0 atom stereocenters. The fraction of sp³-hybridized carbons (Fsp3) is 0.200. The smallest absolute Gasteiger partial charge is 0.262 e. The van der Waals surface area contributed by atoms with Crippen molar-refractivity contribution in [2.24, 2.45) is 4.99 Å². The Bertz CT molecular complexity index is 1150. The van der Waals surface area contributed by atoms with E-state index in [0.717, 1.165) is 26.1 Å². The molecule has 0 radical (unpaired) electrons. The van der Waals surface area contributed by atoms with Gasteiger partial charge in [-0.3, -0.25) is 9.79 Å². The molecule has 3 rings (SSSR count). The summed E-state index contributed by atoms with van der Waals surface area (Å²) in [5.74, 6) is 1.54. The van der Waals surface area contributed by atoms with Crippen molar-refractivity contribution in [2.75, 3.05) is 25.6 Å². The standard InChI is InChI=1S/C25H24ClIN2O4/c1-4-32-23-12-17(14-28-18-7-9-20(31-3)10-8-18)11-22(27)25(23)33-15-24(30)29-19-6-5-16(2)21(26)13-19/h5-14H,4,15H2,1-3H3,(H,29,30). The van der Waals surface area contributed by atoms with E-state index >= 15 is 0 Å². The van der Waals surface area contributed by atoms with Gasteiger partial charge in [-0.15, -0.1) is 0 Å². The molecule has 0 heterocycles. The maximum absolute atomic E-state index is 12.4. The Labute approximate surface area is 212 Å². The van der Waals surface area contributed by atoms with Crippen molar-refractivity contribution in [1.29, 1.82) is 0 Å². The van der Waals surface area contributed by atoms with Gasteiger partial charge in [-0.05, 0) is 96.1 Å². The molecule has 8 heteroatoms. The molecule has 33 heavy (non-hydrogen) atoms. The molecular weight excluding hydrogens is 555 g/mol. The molecule has 1 amide bonds. The fourth-order valence-corrected chi connectivity index (χ4v) is 3.85. The number of carbonyl (C=O) groups excluding carboxylic acids is 1. The number of anilines is 1. The van der Waals surface area contributed by atoms with Crippen LogP contribution >= 0.6 is 34.2 Å². The van der Waals surface area contributed by atoms with Crippen LogP contribution in [0, 0.1) is 10.5 Å². The molecule has 6 nitrogen and oxygen atoms in total. The molecule has 1 N–H and O–H groups in total. The molecule has 0 unspecified atom stereocenters. The Hall–Kier alpha value is -2.78. The normalized spacial score (nSPS) is 10.8. The number of rotatable bonds is 9. The van der Waals surface area contributed by atoms with E-state index in [9.17, 15) is 4.79 Å². The molecule has 0 aliphatic heterocycles. The third kappa shape index (κ3) is 7.10. The van der Waals surface area contributed by atoms with Gasteiger partial charge in [0.05, 0.1) is 23.0 Å². The third-order valence-electron chi connectivity index (χ3n) is 4.57. The van der Waals surface area contributed by atoms with E-state index in [1.54, 1.807) is 25.5 Å². The lowest BCUT2D eigenvalue weighted by molar-refractivity contribution is -0.118. The highest BCUT2D eigenvalue weighted by atomic mass is 127. The summed E-state index contributed by atoms with van der Waals surface area (Å²) < 4.78 is 17.6. The number of nitrogens with one attached hydrogen (secondary N) is 1. The van der Waals surface area contributed by atoms with Crippen LogP contribution in [-0.2, 0) is 4.79 Å². The van der Waals surface area contributed by atoms with Crippen molar-refractivity contribution in [3.05, 3.63) is 74.3 Å². The Morgan fingerprint density at radius 1 is 1.12 bits per heavy atom. The van der Waals surface area contributed by atoms with Gasteiger partial charge in [-0.1, -0.05) is 17.7 Å². The number of hydrogen-bond acceptors (Lipinski definition) is 5. The molecule has 3 aromatic rings. The van der Waals surface area contributed by atoms with E-state index in [2.05, 4.69) is 32.9 Å². The quantitative estimate of drug-likeness (QED) is 0.235. The first-order valence-corrected chi connectivity index (χ1v) is 11.7. The maximum atomic E-state index is 12.4. The Morgan fingerprint density at radius 2 is 1.88 bits per heavy atom. The lowest BCUT2D eigenvalue weighted by Gasteiger charge is -2.15. The van der Waals surface area contributed by atoms with E-state index in [-0.39, 0.29) is 12.5 Å². The van der Waals surface area contributed by atoms with E-state index in [1.807, 2.05) is 56.3 Å². The summed E-state index contributed by atoms with van der Waals surface area (Å²) in [6, 6.07) is 16.6. The zero-order chi connectivity index (χ0) is 23.8. The number of benzene rings is 3. The Kier molecular flexibility index (Phi) is 8.96. The average Bonchev–Trinajstić information content (AvgIpc) is 2.80. The van der Waals surface area contributed by atoms with Crippen LogP contribution in [0.1, 0.15) is 18.1 Å². The van der Waals surface area contributed by atoms with Crippen molar-refractivity contribution in [3.63, 3.8) is 0 Å². The van der Waals surface area contributed by atoms with Gasteiger partial charge in [-0.2, -0.15) is 0 Å². The minimum absolute atomic E-state index is 0.166. The van der Waals surface area contributed by atoms with Gasteiger partial charge >= 0.3 is 0 Å². The van der Waals surface area contributed by atoms with Crippen LogP contribution in [-0.4, -0.2) is 32.4 Å². The van der Waals surface area contributed by atoms with Crippen LogP contribution in [0.4, 0.5) is 11.4 Å². The second-order valence-electron chi connectivity index (χ2n) is 7.02. The predicted octanol–water partition coefficient (Wildman–Crippen LogP) is 6.43. The summed E-state index contributed by atoms with van der Waals surface area (Å²) in [5.41, 5.74) is 3.21. The minimum Gasteiger partial charge on any atom is -0.497 e. The number of aliphatic imine (C=N–C) groups is 1. The molecule has 0 aliphatic rings. The Morgan fingerprint density at radius 3 is 2.55 bits per heavy atom. The highest BCUT2D eigenvalue weighted by Crippen LogP contribution is 2.34. The predicted molar refractivity (Wildman–Crippen MR) is 141 cm³/mol. The van der Waals surface area contributed by atoms with E-state index in [1.165, 1.54) is 0 Å². The first-order chi connectivity index (χ1) is 15.9. The monoisotopic (exact) mass is 578 g/mol. The molecule has 3 aromatic carbocycles. The molecule has 0 aliphatic carbocycles. The lowest BCUT2D eigenvalue weighted by atomic mass is 10.2. The van der Waals surface area contributed by atoms with Crippen molar-refractivity contribution < 1.29 is 19.0 Å². The Balaban J connectivity index is 1.71. The number of methoxy groups -OCH3 is 1. The van der Waals surface area contributed by atoms with Crippen LogP contribution < -0.4 is 19.5 Å². The van der Waals surface area contributed by atoms with Crippen LogP contribution in [0.15, 0.2) is 59.6 Å². The van der Waals surface area contributed by atoms with E-state index < -0.39 is 0 Å². The fourth-order valence-electron chi connectivity index (χ4n) is 2.89. The number of hydrogen-bond donors (Lipinski definition) is 1.